The fourth-order valence-electron chi connectivity index (χ4n) is 2.50. The summed E-state index contributed by atoms with van der Waals surface area (Å²) in [5.74, 6) is -0.359. The Morgan fingerprint density at radius 3 is 2.36 bits per heavy atom. The minimum absolute atomic E-state index is 0.00945. The number of methoxy groups -OCH3 is 1. The third-order valence-electron chi connectivity index (χ3n) is 4.10. The Hall–Kier alpha value is -1.88. The lowest BCUT2D eigenvalue weighted by Crippen LogP contribution is -2.50. The molecule has 5 heteroatoms. The number of amides is 2. The van der Waals surface area contributed by atoms with Crippen molar-refractivity contribution >= 4 is 11.8 Å². The van der Waals surface area contributed by atoms with Gasteiger partial charge in [0.05, 0.1) is 0 Å². The van der Waals surface area contributed by atoms with Crippen LogP contribution in [0.1, 0.15) is 56.0 Å². The van der Waals surface area contributed by atoms with Gasteiger partial charge in [0.25, 0.3) is 5.91 Å². The van der Waals surface area contributed by atoms with E-state index < -0.39 is 6.04 Å². The number of hydrogen-bond acceptors (Lipinski definition) is 3. The second-order valence-corrected chi connectivity index (χ2v) is 6.63. The summed E-state index contributed by atoms with van der Waals surface area (Å²) in [6.45, 7) is 7.15. The molecule has 25 heavy (non-hydrogen) atoms. The highest BCUT2D eigenvalue weighted by Gasteiger charge is 2.24. The Morgan fingerprint density at radius 2 is 1.80 bits per heavy atom. The van der Waals surface area contributed by atoms with Crippen LogP contribution in [0.4, 0.5) is 0 Å². The third kappa shape index (κ3) is 7.69. The van der Waals surface area contributed by atoms with Crippen molar-refractivity contribution in [3.63, 3.8) is 0 Å². The van der Waals surface area contributed by atoms with Gasteiger partial charge in [-0.1, -0.05) is 39.3 Å². The zero-order valence-corrected chi connectivity index (χ0v) is 15.9. The van der Waals surface area contributed by atoms with Gasteiger partial charge in [-0.3, -0.25) is 9.59 Å². The second-order valence-electron chi connectivity index (χ2n) is 6.63. The van der Waals surface area contributed by atoms with Crippen LogP contribution in [-0.4, -0.2) is 38.1 Å². The van der Waals surface area contributed by atoms with E-state index in [0.29, 0.717) is 18.7 Å². The van der Waals surface area contributed by atoms with Crippen molar-refractivity contribution in [2.45, 2.75) is 52.5 Å². The lowest BCUT2D eigenvalue weighted by molar-refractivity contribution is -0.123. The van der Waals surface area contributed by atoms with Crippen LogP contribution in [0.15, 0.2) is 24.3 Å². The van der Waals surface area contributed by atoms with Gasteiger partial charge in [-0.25, -0.2) is 0 Å². The minimum Gasteiger partial charge on any atom is -0.385 e. The van der Waals surface area contributed by atoms with Crippen LogP contribution in [0.2, 0.25) is 0 Å². The number of hydrogen-bond donors (Lipinski definition) is 2. The number of nitrogens with one attached hydrogen (secondary N) is 2. The molecule has 1 atom stereocenters. The largest absolute Gasteiger partial charge is 0.385 e. The minimum atomic E-state index is -0.546. The highest BCUT2D eigenvalue weighted by Crippen LogP contribution is 2.09. The molecule has 0 bridgehead atoms. The number of carbonyl (C=O) groups excluding carboxylic acids is 2. The van der Waals surface area contributed by atoms with Crippen LogP contribution < -0.4 is 10.6 Å². The number of unbranched alkanes of at least 4 members (excludes halogenated alkanes) is 1. The van der Waals surface area contributed by atoms with Gasteiger partial charge in [-0.05, 0) is 42.9 Å². The Bertz CT molecular complexity index is 526. The summed E-state index contributed by atoms with van der Waals surface area (Å²) < 4.78 is 4.97. The van der Waals surface area contributed by atoms with E-state index >= 15 is 0 Å². The van der Waals surface area contributed by atoms with Crippen molar-refractivity contribution in [3.8, 4) is 0 Å². The molecule has 0 radical (unpaired) electrons. The van der Waals surface area contributed by atoms with Crippen LogP contribution in [0.5, 0.6) is 0 Å². The van der Waals surface area contributed by atoms with Crippen LogP contribution in [0.3, 0.4) is 0 Å². The van der Waals surface area contributed by atoms with Gasteiger partial charge in [-0.2, -0.15) is 0 Å². The van der Waals surface area contributed by atoms with E-state index in [4.69, 9.17) is 4.74 Å². The van der Waals surface area contributed by atoms with Gasteiger partial charge < -0.3 is 15.4 Å². The van der Waals surface area contributed by atoms with E-state index in [-0.39, 0.29) is 17.7 Å². The van der Waals surface area contributed by atoms with Gasteiger partial charge in [0.1, 0.15) is 6.04 Å². The van der Waals surface area contributed by atoms with Gasteiger partial charge in [0.15, 0.2) is 0 Å². The van der Waals surface area contributed by atoms with E-state index in [0.717, 1.165) is 25.7 Å². The molecular formula is C20H32N2O3. The van der Waals surface area contributed by atoms with Crippen molar-refractivity contribution in [1.82, 2.24) is 10.6 Å². The molecule has 0 aromatic heterocycles. The standard InChI is InChI=1S/C20H32N2O3/c1-5-6-8-16-9-11-17(12-10-16)19(23)22-18(15(2)3)20(24)21-13-7-14-25-4/h9-12,15,18H,5-8,13-14H2,1-4H3,(H,21,24)(H,22,23)/t18-/m1/s1. The highest BCUT2D eigenvalue weighted by atomic mass is 16.5. The summed E-state index contributed by atoms with van der Waals surface area (Å²) in [6.07, 6.45) is 4.07. The summed E-state index contributed by atoms with van der Waals surface area (Å²) in [6, 6.07) is 7.08. The smallest absolute Gasteiger partial charge is 0.251 e. The van der Waals surface area contributed by atoms with Gasteiger partial charge in [-0.15, -0.1) is 0 Å². The fraction of sp³-hybridized carbons (Fsp3) is 0.600. The topological polar surface area (TPSA) is 67.4 Å². The summed E-state index contributed by atoms with van der Waals surface area (Å²) in [7, 11) is 1.63. The fourth-order valence-corrected chi connectivity index (χ4v) is 2.50. The predicted octanol–water partition coefficient (Wildman–Crippen LogP) is 2.94. The quantitative estimate of drug-likeness (QED) is 0.604. The Balaban J connectivity index is 2.61. The van der Waals surface area contributed by atoms with Crippen LogP contribution >= 0.6 is 0 Å². The number of aryl methyl sites for hydroxylation is 1. The molecular weight excluding hydrogens is 316 g/mol. The molecule has 0 spiro atoms. The summed E-state index contributed by atoms with van der Waals surface area (Å²) in [5.41, 5.74) is 1.81. The first-order valence-corrected chi connectivity index (χ1v) is 9.16. The van der Waals surface area contributed by atoms with Crippen molar-refractivity contribution in [2.24, 2.45) is 5.92 Å². The lowest BCUT2D eigenvalue weighted by Gasteiger charge is -2.21. The highest BCUT2D eigenvalue weighted by molar-refractivity contribution is 5.97. The van der Waals surface area contributed by atoms with Gasteiger partial charge in [0.2, 0.25) is 5.91 Å². The van der Waals surface area contributed by atoms with E-state index in [1.807, 2.05) is 38.1 Å². The third-order valence-corrected chi connectivity index (χ3v) is 4.10. The molecule has 0 aliphatic carbocycles. The number of benzene rings is 1. The maximum Gasteiger partial charge on any atom is 0.251 e. The van der Waals surface area contributed by atoms with Gasteiger partial charge in [0, 0.05) is 25.8 Å². The van der Waals surface area contributed by atoms with E-state index in [1.54, 1.807) is 7.11 Å². The van der Waals surface area contributed by atoms with Crippen molar-refractivity contribution in [2.75, 3.05) is 20.3 Å². The molecule has 140 valence electrons. The van der Waals surface area contributed by atoms with Crippen molar-refractivity contribution in [1.29, 1.82) is 0 Å². The van der Waals surface area contributed by atoms with Crippen molar-refractivity contribution < 1.29 is 14.3 Å². The molecule has 1 aromatic carbocycles. The molecule has 2 amide bonds. The van der Waals surface area contributed by atoms with E-state index in [2.05, 4.69) is 17.6 Å². The first kappa shape index (κ1) is 21.2. The first-order chi connectivity index (χ1) is 12.0. The molecule has 0 saturated carbocycles. The summed E-state index contributed by atoms with van der Waals surface area (Å²) in [4.78, 5) is 24.8. The average molecular weight is 348 g/mol. The lowest BCUT2D eigenvalue weighted by atomic mass is 10.0. The van der Waals surface area contributed by atoms with E-state index in [1.165, 1.54) is 5.56 Å². The molecule has 0 unspecified atom stereocenters. The summed E-state index contributed by atoms with van der Waals surface area (Å²) >= 11 is 0. The molecule has 2 N–H and O–H groups in total. The van der Waals surface area contributed by atoms with Crippen LogP contribution in [0, 0.1) is 5.92 Å². The molecule has 0 saturated heterocycles. The van der Waals surface area contributed by atoms with Crippen molar-refractivity contribution in [3.05, 3.63) is 35.4 Å². The van der Waals surface area contributed by atoms with Crippen LogP contribution in [-0.2, 0) is 16.0 Å². The number of ether oxygens (including phenoxy) is 1. The summed E-state index contributed by atoms with van der Waals surface area (Å²) in [5, 5.41) is 5.71. The zero-order chi connectivity index (χ0) is 18.7. The molecule has 0 aliphatic heterocycles. The predicted molar refractivity (Wildman–Crippen MR) is 101 cm³/mol. The Kier molecular flexibility index (Phi) is 9.85. The molecule has 0 aliphatic rings. The molecule has 5 nitrogen and oxygen atoms in total. The SMILES string of the molecule is CCCCc1ccc(C(=O)N[C@@H](C(=O)NCCCOC)C(C)C)cc1. The number of rotatable bonds is 11. The first-order valence-electron chi connectivity index (χ1n) is 9.16. The zero-order valence-electron chi connectivity index (χ0n) is 15.9. The molecule has 1 rings (SSSR count). The number of carbonyl (C=O) groups is 2. The maximum atomic E-state index is 12.5. The average Bonchev–Trinajstić information content (AvgIpc) is 2.61. The van der Waals surface area contributed by atoms with E-state index in [9.17, 15) is 9.59 Å². The normalized spacial score (nSPS) is 12.0. The molecule has 0 heterocycles. The van der Waals surface area contributed by atoms with Gasteiger partial charge >= 0.3 is 0 Å². The molecule has 0 fully saturated rings. The molecule has 1 aromatic rings. The maximum absolute atomic E-state index is 12.5. The second kappa shape index (κ2) is 11.6. The van der Waals surface area contributed by atoms with Crippen LogP contribution in [0.25, 0.3) is 0 Å². The Morgan fingerprint density at radius 1 is 1.12 bits per heavy atom. The monoisotopic (exact) mass is 348 g/mol. The Labute approximate surface area is 151 Å².